The topological polar surface area (TPSA) is 56.7 Å². The summed E-state index contributed by atoms with van der Waals surface area (Å²) in [7, 11) is 0. The number of hydrogen-bond acceptors (Lipinski definition) is 3. The molecule has 140 valence electrons. The fourth-order valence-electron chi connectivity index (χ4n) is 3.72. The lowest BCUT2D eigenvalue weighted by Crippen LogP contribution is -2.09. The van der Waals surface area contributed by atoms with E-state index in [0.717, 1.165) is 23.4 Å². The van der Waals surface area contributed by atoms with Gasteiger partial charge in [-0.05, 0) is 42.4 Å². The molecule has 0 fully saturated rings. The molecule has 1 aromatic carbocycles. The van der Waals surface area contributed by atoms with Gasteiger partial charge in [0.05, 0.1) is 12.2 Å². The van der Waals surface area contributed by atoms with Crippen molar-refractivity contribution < 1.29 is 0 Å². The Morgan fingerprint density at radius 3 is 2.52 bits per heavy atom. The van der Waals surface area contributed by atoms with E-state index in [1.165, 1.54) is 68.9 Å². The summed E-state index contributed by atoms with van der Waals surface area (Å²) in [6, 6.07) is 4.47. The van der Waals surface area contributed by atoms with E-state index in [-0.39, 0.29) is 0 Å². The van der Waals surface area contributed by atoms with Crippen molar-refractivity contribution in [1.29, 1.82) is 0 Å². The van der Waals surface area contributed by atoms with Crippen LogP contribution in [-0.4, -0.2) is 15.0 Å². The first-order valence-electron chi connectivity index (χ1n) is 10.3. The van der Waals surface area contributed by atoms with Crippen LogP contribution in [0.5, 0.6) is 0 Å². The summed E-state index contributed by atoms with van der Waals surface area (Å²) < 4.78 is 1.81. The largest absolute Gasteiger partial charge is 0.312 e. The number of benzene rings is 1. The number of nitrogens with two attached hydrogens (primary N) is 1. The van der Waals surface area contributed by atoms with Gasteiger partial charge in [-0.1, -0.05) is 77.0 Å². The van der Waals surface area contributed by atoms with Gasteiger partial charge in [0, 0.05) is 0 Å². The summed E-state index contributed by atoms with van der Waals surface area (Å²) in [5.74, 6) is 0.774. The van der Waals surface area contributed by atoms with Crippen LogP contribution in [0.4, 0.5) is 0 Å². The number of aromatic nitrogens is 3. The molecule has 1 unspecified atom stereocenters. The Hall–Kier alpha value is -1.42. The molecule has 0 aliphatic carbocycles. The van der Waals surface area contributed by atoms with Crippen molar-refractivity contribution in [3.05, 3.63) is 23.3 Å². The minimum atomic E-state index is 0.388. The number of hydrogen-bond donors (Lipinski definition) is 1. The standard InChI is InChI=1S/C21H36N4/c1-4-7-9-10-12-19-18(15-17(6-3)11-8-5-2)13-14-20-21(19)23-24-25(20)16-22/h13-14,17H,4-12,15-16,22H2,1-3H3. The molecule has 1 heterocycles. The zero-order valence-electron chi connectivity index (χ0n) is 16.4. The van der Waals surface area contributed by atoms with Crippen LogP contribution in [0, 0.1) is 5.92 Å². The second-order valence-electron chi connectivity index (χ2n) is 7.27. The lowest BCUT2D eigenvalue weighted by Gasteiger charge is -2.17. The van der Waals surface area contributed by atoms with E-state index in [1.807, 2.05) is 4.68 Å². The van der Waals surface area contributed by atoms with Gasteiger partial charge in [-0.25, -0.2) is 4.68 Å². The van der Waals surface area contributed by atoms with Crippen LogP contribution in [-0.2, 0) is 19.5 Å². The SMILES string of the molecule is CCCCCCc1c(CC(CC)CCCC)ccc2c1nnn2CN. The molecule has 2 N–H and O–H groups in total. The van der Waals surface area contributed by atoms with E-state index in [0.29, 0.717) is 6.67 Å². The highest BCUT2D eigenvalue weighted by Crippen LogP contribution is 2.27. The molecule has 25 heavy (non-hydrogen) atoms. The molecule has 0 saturated heterocycles. The molecular formula is C21H36N4. The van der Waals surface area contributed by atoms with E-state index in [4.69, 9.17) is 5.73 Å². The highest BCUT2D eigenvalue weighted by molar-refractivity contribution is 5.79. The quantitative estimate of drug-likeness (QED) is 0.536. The van der Waals surface area contributed by atoms with Crippen molar-refractivity contribution in [3.8, 4) is 0 Å². The lowest BCUT2D eigenvalue weighted by molar-refractivity contribution is 0.448. The van der Waals surface area contributed by atoms with Crippen molar-refractivity contribution in [2.45, 2.75) is 91.6 Å². The van der Waals surface area contributed by atoms with Gasteiger partial charge < -0.3 is 5.73 Å². The van der Waals surface area contributed by atoms with Crippen LogP contribution in [0.15, 0.2) is 12.1 Å². The fraction of sp³-hybridized carbons (Fsp3) is 0.714. The van der Waals surface area contributed by atoms with Crippen molar-refractivity contribution in [2.75, 3.05) is 0 Å². The molecule has 0 saturated carbocycles. The van der Waals surface area contributed by atoms with Crippen LogP contribution in [0.2, 0.25) is 0 Å². The summed E-state index contributed by atoms with van der Waals surface area (Å²) in [6.07, 6.45) is 12.6. The second kappa shape index (κ2) is 10.5. The number of unbranched alkanes of at least 4 members (excludes halogenated alkanes) is 4. The van der Waals surface area contributed by atoms with Gasteiger partial charge in [0.25, 0.3) is 0 Å². The Bertz CT molecular complexity index is 632. The summed E-state index contributed by atoms with van der Waals surface area (Å²) in [5.41, 5.74) is 10.9. The third-order valence-electron chi connectivity index (χ3n) is 5.39. The van der Waals surface area contributed by atoms with Crippen molar-refractivity contribution >= 4 is 11.0 Å². The van der Waals surface area contributed by atoms with Gasteiger partial charge in [0.15, 0.2) is 0 Å². The van der Waals surface area contributed by atoms with Crippen LogP contribution >= 0.6 is 0 Å². The molecule has 0 amide bonds. The zero-order chi connectivity index (χ0) is 18.1. The van der Waals surface area contributed by atoms with Gasteiger partial charge in [0.1, 0.15) is 5.52 Å². The fourth-order valence-corrected chi connectivity index (χ4v) is 3.72. The van der Waals surface area contributed by atoms with Crippen LogP contribution in [0.25, 0.3) is 11.0 Å². The summed E-state index contributed by atoms with van der Waals surface area (Å²) in [5, 5.41) is 8.73. The molecular weight excluding hydrogens is 308 g/mol. The monoisotopic (exact) mass is 344 g/mol. The van der Waals surface area contributed by atoms with E-state index in [2.05, 4.69) is 43.2 Å². The number of nitrogens with zero attached hydrogens (tertiary/aromatic N) is 3. The first kappa shape index (κ1) is 19.9. The Morgan fingerprint density at radius 1 is 1.04 bits per heavy atom. The Morgan fingerprint density at radius 2 is 1.84 bits per heavy atom. The van der Waals surface area contributed by atoms with Gasteiger partial charge in [-0.3, -0.25) is 0 Å². The smallest absolute Gasteiger partial charge is 0.116 e. The van der Waals surface area contributed by atoms with Crippen molar-refractivity contribution in [3.63, 3.8) is 0 Å². The third kappa shape index (κ3) is 5.27. The summed E-state index contributed by atoms with van der Waals surface area (Å²) in [6.45, 7) is 7.26. The molecule has 1 atom stereocenters. The second-order valence-corrected chi connectivity index (χ2v) is 7.27. The minimum absolute atomic E-state index is 0.388. The zero-order valence-corrected chi connectivity index (χ0v) is 16.4. The van der Waals surface area contributed by atoms with Crippen molar-refractivity contribution in [1.82, 2.24) is 15.0 Å². The Labute approximate surface area is 153 Å². The van der Waals surface area contributed by atoms with E-state index in [1.54, 1.807) is 0 Å². The van der Waals surface area contributed by atoms with Crippen LogP contribution in [0.3, 0.4) is 0 Å². The van der Waals surface area contributed by atoms with Gasteiger partial charge >= 0.3 is 0 Å². The molecule has 0 bridgehead atoms. The lowest BCUT2D eigenvalue weighted by atomic mass is 9.88. The molecule has 0 aliphatic heterocycles. The maximum absolute atomic E-state index is 5.81. The number of fused-ring (bicyclic) bond motifs is 1. The summed E-state index contributed by atoms with van der Waals surface area (Å²) >= 11 is 0. The highest BCUT2D eigenvalue weighted by Gasteiger charge is 2.16. The van der Waals surface area contributed by atoms with Crippen molar-refractivity contribution in [2.24, 2.45) is 11.7 Å². The first-order valence-corrected chi connectivity index (χ1v) is 10.3. The van der Waals surface area contributed by atoms with E-state index >= 15 is 0 Å². The van der Waals surface area contributed by atoms with E-state index < -0.39 is 0 Å². The first-order chi connectivity index (χ1) is 12.2. The molecule has 1 aromatic heterocycles. The predicted octanol–water partition coefficient (Wildman–Crippen LogP) is 5.23. The van der Waals surface area contributed by atoms with Gasteiger partial charge in [0.2, 0.25) is 0 Å². The molecule has 4 nitrogen and oxygen atoms in total. The average Bonchev–Trinajstić information content (AvgIpc) is 3.06. The predicted molar refractivity (Wildman–Crippen MR) is 107 cm³/mol. The van der Waals surface area contributed by atoms with Gasteiger partial charge in [-0.2, -0.15) is 0 Å². The third-order valence-corrected chi connectivity index (χ3v) is 5.39. The molecule has 0 radical (unpaired) electrons. The van der Waals surface area contributed by atoms with Crippen LogP contribution < -0.4 is 5.73 Å². The minimum Gasteiger partial charge on any atom is -0.312 e. The normalized spacial score (nSPS) is 12.8. The molecule has 2 rings (SSSR count). The number of rotatable bonds is 12. The molecule has 0 spiro atoms. The maximum Gasteiger partial charge on any atom is 0.116 e. The van der Waals surface area contributed by atoms with Gasteiger partial charge in [-0.15, -0.1) is 5.10 Å². The molecule has 0 aliphatic rings. The molecule has 2 aromatic rings. The molecule has 4 heteroatoms. The Kier molecular flexibility index (Phi) is 8.39. The Balaban J connectivity index is 2.26. The average molecular weight is 345 g/mol. The number of aryl methyl sites for hydroxylation is 1. The maximum atomic E-state index is 5.81. The summed E-state index contributed by atoms with van der Waals surface area (Å²) in [4.78, 5) is 0. The van der Waals surface area contributed by atoms with E-state index in [9.17, 15) is 0 Å². The highest BCUT2D eigenvalue weighted by atomic mass is 15.4. The van der Waals surface area contributed by atoms with Crippen LogP contribution in [0.1, 0.15) is 83.3 Å².